The standard InChI is InChI=1S/C14H12AsNS/c1-9-8-10(6-7-11(9)15)14-16-12-4-2-3-5-13(12)17-14/h2-8H,15H2,1H3. The summed E-state index contributed by atoms with van der Waals surface area (Å²) in [7, 11) is 0. The number of rotatable bonds is 1. The van der Waals surface area contributed by atoms with E-state index in [1.807, 2.05) is 6.07 Å². The van der Waals surface area contributed by atoms with Crippen LogP contribution < -0.4 is 4.35 Å². The van der Waals surface area contributed by atoms with Crippen molar-refractivity contribution in [2.75, 3.05) is 0 Å². The van der Waals surface area contributed by atoms with Crippen molar-refractivity contribution in [2.45, 2.75) is 6.92 Å². The molecule has 0 bridgehead atoms. The van der Waals surface area contributed by atoms with Crippen LogP contribution in [0.3, 0.4) is 0 Å². The molecule has 2 aromatic carbocycles. The van der Waals surface area contributed by atoms with E-state index >= 15 is 0 Å². The zero-order valence-electron chi connectivity index (χ0n) is 9.47. The van der Waals surface area contributed by atoms with Crippen molar-refractivity contribution in [3.05, 3.63) is 48.0 Å². The van der Waals surface area contributed by atoms with E-state index in [2.05, 4.69) is 48.3 Å². The average Bonchev–Trinajstić information content (AvgIpc) is 2.76. The number of hydrogen-bond donors (Lipinski definition) is 0. The summed E-state index contributed by atoms with van der Waals surface area (Å²) >= 11 is 3.43. The Balaban J connectivity index is 2.17. The van der Waals surface area contributed by atoms with E-state index in [1.54, 1.807) is 28.2 Å². The molecule has 0 aliphatic rings. The van der Waals surface area contributed by atoms with Gasteiger partial charge in [0.05, 0.1) is 0 Å². The van der Waals surface area contributed by atoms with Crippen LogP contribution in [0.4, 0.5) is 0 Å². The summed E-state index contributed by atoms with van der Waals surface area (Å²) in [6.07, 6.45) is 0. The van der Waals surface area contributed by atoms with E-state index in [0.717, 1.165) is 10.5 Å². The van der Waals surface area contributed by atoms with E-state index < -0.39 is 0 Å². The molecule has 0 spiro atoms. The molecule has 1 unspecified atom stereocenters. The first-order valence-corrected chi connectivity index (χ1v) is 7.49. The Bertz CT molecular complexity index is 655. The molecule has 0 saturated heterocycles. The van der Waals surface area contributed by atoms with Gasteiger partial charge in [0.1, 0.15) is 0 Å². The minimum absolute atomic E-state index is 1.09. The molecular weight excluding hydrogens is 289 g/mol. The number of benzene rings is 2. The predicted molar refractivity (Wildman–Crippen MR) is 78.0 cm³/mol. The Morgan fingerprint density at radius 2 is 1.94 bits per heavy atom. The minimum atomic E-state index is 1.09. The van der Waals surface area contributed by atoms with E-state index in [0.29, 0.717) is 0 Å². The summed E-state index contributed by atoms with van der Waals surface area (Å²) in [5.74, 6) is 0. The van der Waals surface area contributed by atoms with Gasteiger partial charge in [-0.1, -0.05) is 0 Å². The molecule has 1 nitrogen and oxygen atoms in total. The van der Waals surface area contributed by atoms with Gasteiger partial charge in [-0.05, 0) is 0 Å². The number of aryl methyl sites for hydroxylation is 1. The second-order valence-electron chi connectivity index (χ2n) is 4.06. The number of nitrogens with zero attached hydrogens (tertiary/aromatic N) is 1. The van der Waals surface area contributed by atoms with Crippen LogP contribution in [0.15, 0.2) is 42.5 Å². The van der Waals surface area contributed by atoms with Crippen LogP contribution >= 0.6 is 11.3 Å². The van der Waals surface area contributed by atoms with Crippen molar-refractivity contribution in [3.8, 4) is 10.6 Å². The van der Waals surface area contributed by atoms with Gasteiger partial charge in [0.2, 0.25) is 0 Å². The van der Waals surface area contributed by atoms with E-state index in [9.17, 15) is 0 Å². The van der Waals surface area contributed by atoms with E-state index in [1.165, 1.54) is 20.2 Å². The van der Waals surface area contributed by atoms with Crippen LogP contribution in [-0.4, -0.2) is 21.8 Å². The van der Waals surface area contributed by atoms with Gasteiger partial charge in [0.15, 0.2) is 0 Å². The fourth-order valence-corrected chi connectivity index (χ4v) is 3.14. The van der Waals surface area contributed by atoms with Crippen molar-refractivity contribution < 1.29 is 0 Å². The molecule has 0 saturated carbocycles. The van der Waals surface area contributed by atoms with Gasteiger partial charge < -0.3 is 0 Å². The predicted octanol–water partition coefficient (Wildman–Crippen LogP) is 2.53. The fraction of sp³-hybridized carbons (Fsp3) is 0.0714. The molecule has 17 heavy (non-hydrogen) atoms. The molecule has 0 aliphatic carbocycles. The van der Waals surface area contributed by atoms with Gasteiger partial charge in [-0.2, -0.15) is 0 Å². The average molecular weight is 301 g/mol. The van der Waals surface area contributed by atoms with Crippen LogP contribution in [0, 0.1) is 6.92 Å². The third-order valence-electron chi connectivity index (χ3n) is 2.81. The number of para-hydroxylation sites is 1. The second-order valence-corrected chi connectivity index (χ2v) is 6.39. The maximum absolute atomic E-state index is 4.68. The molecule has 0 aliphatic heterocycles. The molecule has 1 heterocycles. The summed E-state index contributed by atoms with van der Waals surface area (Å²) < 4.78 is 2.65. The fourth-order valence-electron chi connectivity index (χ4n) is 1.80. The third-order valence-corrected chi connectivity index (χ3v) is 5.26. The summed E-state index contributed by atoms with van der Waals surface area (Å²) in [5, 5.41) is 1.11. The SMILES string of the molecule is Cc1cc(-c2nc3ccccc3s2)ccc1[AsH2]. The summed E-state index contributed by atoms with van der Waals surface area (Å²) in [4.78, 5) is 4.68. The van der Waals surface area contributed by atoms with Gasteiger partial charge in [-0.3, -0.25) is 0 Å². The van der Waals surface area contributed by atoms with Crippen molar-refractivity contribution in [1.82, 2.24) is 4.98 Å². The Morgan fingerprint density at radius 3 is 2.71 bits per heavy atom. The summed E-state index contributed by atoms with van der Waals surface area (Å²) in [6.45, 7) is 2.16. The number of aromatic nitrogens is 1. The molecule has 0 amide bonds. The monoisotopic (exact) mass is 301 g/mol. The molecule has 0 fully saturated rings. The first-order valence-electron chi connectivity index (χ1n) is 5.46. The normalized spacial score (nSPS) is 10.9. The number of fused-ring (bicyclic) bond motifs is 1. The first-order chi connectivity index (χ1) is 8.24. The van der Waals surface area contributed by atoms with Crippen molar-refractivity contribution in [1.29, 1.82) is 0 Å². The summed E-state index contributed by atoms with van der Waals surface area (Å²) in [5.41, 5.74) is 3.67. The molecule has 0 radical (unpaired) electrons. The molecule has 3 aromatic rings. The summed E-state index contributed by atoms with van der Waals surface area (Å²) in [6, 6.07) is 14.9. The second kappa shape index (κ2) is 4.28. The van der Waals surface area contributed by atoms with Gasteiger partial charge in [-0.25, -0.2) is 0 Å². The molecule has 84 valence electrons. The van der Waals surface area contributed by atoms with Crippen LogP contribution in [-0.2, 0) is 0 Å². The zero-order chi connectivity index (χ0) is 11.8. The zero-order valence-corrected chi connectivity index (χ0v) is 12.7. The molecule has 3 rings (SSSR count). The van der Waals surface area contributed by atoms with Crippen molar-refractivity contribution in [3.63, 3.8) is 0 Å². The first kappa shape index (κ1) is 11.0. The van der Waals surface area contributed by atoms with Gasteiger partial charge >= 0.3 is 113 Å². The quantitative estimate of drug-likeness (QED) is 0.630. The van der Waals surface area contributed by atoms with Crippen LogP contribution in [0.1, 0.15) is 5.56 Å². The van der Waals surface area contributed by atoms with Crippen LogP contribution in [0.25, 0.3) is 20.8 Å². The van der Waals surface area contributed by atoms with Crippen molar-refractivity contribution >= 4 is 42.8 Å². The topological polar surface area (TPSA) is 12.9 Å². The van der Waals surface area contributed by atoms with Crippen LogP contribution in [0.5, 0.6) is 0 Å². The van der Waals surface area contributed by atoms with Gasteiger partial charge in [0, 0.05) is 0 Å². The van der Waals surface area contributed by atoms with Gasteiger partial charge in [-0.15, -0.1) is 0 Å². The Labute approximate surface area is 113 Å². The molecule has 1 atom stereocenters. The Morgan fingerprint density at radius 1 is 1.12 bits per heavy atom. The molecular formula is C14H12AsNS. The van der Waals surface area contributed by atoms with E-state index in [4.69, 9.17) is 0 Å². The van der Waals surface area contributed by atoms with Crippen LogP contribution in [0.2, 0.25) is 0 Å². The Hall–Kier alpha value is -1.11. The van der Waals surface area contributed by atoms with Crippen molar-refractivity contribution in [2.24, 2.45) is 0 Å². The molecule has 0 N–H and O–H groups in total. The maximum atomic E-state index is 4.68. The molecule has 1 aromatic heterocycles. The van der Waals surface area contributed by atoms with Gasteiger partial charge in [0.25, 0.3) is 0 Å². The third kappa shape index (κ3) is 2.03. The number of hydrogen-bond acceptors (Lipinski definition) is 2. The Kier molecular flexibility index (Phi) is 2.77. The van der Waals surface area contributed by atoms with E-state index in [-0.39, 0.29) is 0 Å². The molecule has 3 heteroatoms. The number of thiazole rings is 1.